The molecule has 2 amide bonds. The van der Waals surface area contributed by atoms with Crippen LogP contribution in [0.25, 0.3) is 0 Å². The van der Waals surface area contributed by atoms with Gasteiger partial charge in [-0.1, -0.05) is 0 Å². The SMILES string of the molecule is CCN(CC)c1ccc(NC(=O)C2COC(=O)N2)c(C)c1. The molecule has 1 heterocycles. The van der Waals surface area contributed by atoms with E-state index in [4.69, 9.17) is 4.74 Å². The summed E-state index contributed by atoms with van der Waals surface area (Å²) in [6.07, 6.45) is -0.552. The van der Waals surface area contributed by atoms with Crippen LogP contribution in [0.5, 0.6) is 0 Å². The van der Waals surface area contributed by atoms with Gasteiger partial charge in [0.05, 0.1) is 0 Å². The molecule has 2 rings (SSSR count). The Balaban J connectivity index is 2.07. The lowest BCUT2D eigenvalue weighted by Gasteiger charge is -2.22. The summed E-state index contributed by atoms with van der Waals surface area (Å²) in [7, 11) is 0. The lowest BCUT2D eigenvalue weighted by atomic mass is 10.1. The molecule has 0 saturated carbocycles. The molecule has 0 aliphatic carbocycles. The third-order valence-electron chi connectivity index (χ3n) is 3.59. The molecule has 114 valence electrons. The number of benzene rings is 1. The number of alkyl carbamates (subject to hydrolysis) is 1. The highest BCUT2D eigenvalue weighted by Gasteiger charge is 2.28. The predicted octanol–water partition coefficient (Wildman–Crippen LogP) is 1.89. The van der Waals surface area contributed by atoms with E-state index in [1.54, 1.807) is 0 Å². The van der Waals surface area contributed by atoms with Gasteiger partial charge in [-0.3, -0.25) is 4.79 Å². The predicted molar refractivity (Wildman–Crippen MR) is 81.6 cm³/mol. The quantitative estimate of drug-likeness (QED) is 0.869. The standard InChI is InChI=1S/C15H21N3O3/c1-4-18(5-2)11-6-7-12(10(3)8-11)16-14(19)13-9-21-15(20)17-13/h6-8,13H,4-5,9H2,1-3H3,(H,16,19)(H,17,20). The van der Waals surface area contributed by atoms with Gasteiger partial charge in [-0.05, 0) is 44.5 Å². The Morgan fingerprint density at radius 3 is 2.67 bits per heavy atom. The van der Waals surface area contributed by atoms with Gasteiger partial charge in [0.1, 0.15) is 12.6 Å². The fourth-order valence-corrected chi connectivity index (χ4v) is 2.32. The zero-order valence-corrected chi connectivity index (χ0v) is 12.6. The van der Waals surface area contributed by atoms with E-state index in [1.807, 2.05) is 25.1 Å². The second kappa shape index (κ2) is 6.47. The van der Waals surface area contributed by atoms with Crippen LogP contribution in [0.2, 0.25) is 0 Å². The van der Waals surface area contributed by atoms with E-state index in [0.717, 1.165) is 30.0 Å². The van der Waals surface area contributed by atoms with Gasteiger partial charge < -0.3 is 20.3 Å². The maximum absolute atomic E-state index is 12.0. The first-order valence-corrected chi connectivity index (χ1v) is 7.14. The first-order chi connectivity index (χ1) is 10.0. The molecule has 0 spiro atoms. The highest BCUT2D eigenvalue weighted by molar-refractivity contribution is 5.98. The van der Waals surface area contributed by atoms with Crippen molar-refractivity contribution >= 4 is 23.4 Å². The van der Waals surface area contributed by atoms with Crippen LogP contribution in [0.3, 0.4) is 0 Å². The zero-order valence-electron chi connectivity index (χ0n) is 12.6. The molecule has 6 heteroatoms. The summed E-state index contributed by atoms with van der Waals surface area (Å²) < 4.78 is 4.72. The van der Waals surface area contributed by atoms with Gasteiger partial charge in [0, 0.05) is 24.5 Å². The van der Waals surface area contributed by atoms with Crippen LogP contribution in [0.15, 0.2) is 18.2 Å². The molecule has 1 aliphatic heterocycles. The number of hydrogen-bond acceptors (Lipinski definition) is 4. The Morgan fingerprint density at radius 2 is 2.14 bits per heavy atom. The molecular formula is C15H21N3O3. The summed E-state index contributed by atoms with van der Waals surface area (Å²) in [5.74, 6) is -0.264. The van der Waals surface area contributed by atoms with E-state index in [1.165, 1.54) is 0 Å². The number of ether oxygens (including phenoxy) is 1. The first kappa shape index (κ1) is 15.2. The summed E-state index contributed by atoms with van der Waals surface area (Å²) in [5, 5.41) is 5.28. The molecular weight excluding hydrogens is 270 g/mol. The van der Waals surface area contributed by atoms with Crippen molar-refractivity contribution in [2.24, 2.45) is 0 Å². The van der Waals surface area contributed by atoms with Gasteiger partial charge in [0.2, 0.25) is 0 Å². The number of rotatable bonds is 5. The van der Waals surface area contributed by atoms with E-state index in [2.05, 4.69) is 29.4 Å². The molecule has 0 bridgehead atoms. The van der Waals surface area contributed by atoms with E-state index in [9.17, 15) is 9.59 Å². The highest BCUT2D eigenvalue weighted by Crippen LogP contribution is 2.23. The average Bonchev–Trinajstić information content (AvgIpc) is 2.90. The number of aryl methyl sites for hydroxylation is 1. The van der Waals surface area contributed by atoms with Gasteiger partial charge in [-0.2, -0.15) is 0 Å². The fourth-order valence-electron chi connectivity index (χ4n) is 2.32. The summed E-state index contributed by atoms with van der Waals surface area (Å²) in [6.45, 7) is 8.11. The minimum absolute atomic E-state index is 0.0707. The molecule has 1 unspecified atom stereocenters. The molecule has 1 atom stereocenters. The number of anilines is 2. The molecule has 21 heavy (non-hydrogen) atoms. The Morgan fingerprint density at radius 1 is 1.43 bits per heavy atom. The molecule has 0 radical (unpaired) electrons. The topological polar surface area (TPSA) is 70.7 Å². The monoisotopic (exact) mass is 291 g/mol. The number of nitrogens with one attached hydrogen (secondary N) is 2. The first-order valence-electron chi connectivity index (χ1n) is 7.14. The third-order valence-corrected chi connectivity index (χ3v) is 3.59. The van der Waals surface area contributed by atoms with Gasteiger partial charge in [0.25, 0.3) is 5.91 Å². The van der Waals surface area contributed by atoms with Crippen LogP contribution in [-0.4, -0.2) is 37.7 Å². The Bertz CT molecular complexity index is 541. The lowest BCUT2D eigenvalue weighted by molar-refractivity contribution is -0.117. The van der Waals surface area contributed by atoms with Crippen LogP contribution in [0.1, 0.15) is 19.4 Å². The van der Waals surface area contributed by atoms with Gasteiger partial charge in [-0.25, -0.2) is 4.79 Å². The number of hydrogen-bond donors (Lipinski definition) is 2. The molecule has 2 N–H and O–H groups in total. The molecule has 1 aromatic rings. The molecule has 6 nitrogen and oxygen atoms in total. The van der Waals surface area contributed by atoms with Crippen LogP contribution in [0.4, 0.5) is 16.2 Å². The van der Waals surface area contributed by atoms with Crippen molar-refractivity contribution in [3.63, 3.8) is 0 Å². The Hall–Kier alpha value is -2.24. The zero-order chi connectivity index (χ0) is 15.4. The molecule has 1 aromatic carbocycles. The largest absolute Gasteiger partial charge is 0.447 e. The molecule has 1 aliphatic rings. The normalized spacial score (nSPS) is 17.1. The van der Waals surface area contributed by atoms with Crippen LogP contribution in [-0.2, 0) is 9.53 Å². The van der Waals surface area contributed by atoms with Crippen molar-refractivity contribution in [1.82, 2.24) is 5.32 Å². The summed E-state index contributed by atoms with van der Waals surface area (Å²) in [5.41, 5.74) is 2.86. The van der Waals surface area contributed by atoms with Crippen molar-refractivity contribution < 1.29 is 14.3 Å². The van der Waals surface area contributed by atoms with Crippen molar-refractivity contribution in [3.05, 3.63) is 23.8 Å². The van der Waals surface area contributed by atoms with Crippen LogP contribution >= 0.6 is 0 Å². The van der Waals surface area contributed by atoms with E-state index >= 15 is 0 Å². The maximum Gasteiger partial charge on any atom is 0.407 e. The Kier molecular flexibility index (Phi) is 4.67. The van der Waals surface area contributed by atoms with Crippen molar-refractivity contribution in [3.8, 4) is 0 Å². The molecule has 0 aromatic heterocycles. The highest BCUT2D eigenvalue weighted by atomic mass is 16.6. The second-order valence-corrected chi connectivity index (χ2v) is 4.96. The maximum atomic E-state index is 12.0. The molecule has 1 fully saturated rings. The minimum Gasteiger partial charge on any atom is -0.447 e. The molecule has 1 saturated heterocycles. The van der Waals surface area contributed by atoms with Gasteiger partial charge >= 0.3 is 6.09 Å². The number of carbonyl (C=O) groups excluding carboxylic acids is 2. The number of cyclic esters (lactones) is 1. The average molecular weight is 291 g/mol. The van der Waals surface area contributed by atoms with E-state index in [-0.39, 0.29) is 12.5 Å². The minimum atomic E-state index is -0.626. The Labute approximate surface area is 124 Å². The van der Waals surface area contributed by atoms with E-state index < -0.39 is 12.1 Å². The number of amides is 2. The van der Waals surface area contributed by atoms with Crippen molar-refractivity contribution in [1.29, 1.82) is 0 Å². The van der Waals surface area contributed by atoms with Crippen LogP contribution in [0, 0.1) is 6.92 Å². The summed E-state index contributed by atoms with van der Waals surface area (Å²) >= 11 is 0. The smallest absolute Gasteiger partial charge is 0.407 e. The fraction of sp³-hybridized carbons (Fsp3) is 0.467. The van der Waals surface area contributed by atoms with Gasteiger partial charge in [-0.15, -0.1) is 0 Å². The number of carbonyl (C=O) groups is 2. The summed E-state index contributed by atoms with van der Waals surface area (Å²) in [6, 6.07) is 5.30. The van der Waals surface area contributed by atoms with Gasteiger partial charge in [0.15, 0.2) is 0 Å². The lowest BCUT2D eigenvalue weighted by Crippen LogP contribution is -2.38. The number of nitrogens with zero attached hydrogens (tertiary/aromatic N) is 1. The van der Waals surface area contributed by atoms with Crippen molar-refractivity contribution in [2.75, 3.05) is 29.9 Å². The van der Waals surface area contributed by atoms with E-state index in [0.29, 0.717) is 0 Å². The summed E-state index contributed by atoms with van der Waals surface area (Å²) in [4.78, 5) is 25.2. The van der Waals surface area contributed by atoms with Crippen molar-refractivity contribution in [2.45, 2.75) is 26.8 Å². The third kappa shape index (κ3) is 3.45. The van der Waals surface area contributed by atoms with Crippen LogP contribution < -0.4 is 15.5 Å². The second-order valence-electron chi connectivity index (χ2n) is 4.96.